The van der Waals surface area contributed by atoms with E-state index in [4.69, 9.17) is 16.3 Å². The van der Waals surface area contributed by atoms with Crippen molar-refractivity contribution in [1.82, 2.24) is 9.97 Å². The largest absolute Gasteiger partial charge is 0.372 e. The van der Waals surface area contributed by atoms with Crippen molar-refractivity contribution in [3.8, 4) is 0 Å². The number of aromatic nitrogens is 2. The quantitative estimate of drug-likeness (QED) is 0.760. The first-order valence-corrected chi connectivity index (χ1v) is 6.39. The van der Waals surface area contributed by atoms with Crippen LogP contribution >= 0.6 is 11.6 Å². The number of hydrogen-bond acceptors (Lipinski definition) is 4. The molecule has 17 heavy (non-hydrogen) atoms. The minimum Gasteiger partial charge on any atom is -0.372 e. The maximum atomic E-state index is 6.11. The van der Waals surface area contributed by atoms with Gasteiger partial charge in [0, 0.05) is 18.7 Å². The fourth-order valence-corrected chi connectivity index (χ4v) is 2.57. The van der Waals surface area contributed by atoms with E-state index in [-0.39, 0.29) is 12.2 Å². The van der Waals surface area contributed by atoms with Crippen molar-refractivity contribution >= 4 is 17.4 Å². The normalized spacial score (nSPS) is 25.1. The highest BCUT2D eigenvalue weighted by atomic mass is 35.5. The Hall–Kier alpha value is -0.870. The van der Waals surface area contributed by atoms with Crippen molar-refractivity contribution in [2.75, 3.05) is 18.0 Å². The van der Waals surface area contributed by atoms with Crippen molar-refractivity contribution in [3.05, 3.63) is 17.0 Å². The second kappa shape index (κ2) is 5.19. The molecule has 0 spiro atoms. The van der Waals surface area contributed by atoms with Crippen LogP contribution < -0.4 is 4.90 Å². The first-order valence-electron chi connectivity index (χ1n) is 6.01. The summed E-state index contributed by atoms with van der Waals surface area (Å²) in [5.74, 6) is 0.953. The molecule has 4 nitrogen and oxygen atoms in total. The van der Waals surface area contributed by atoms with E-state index in [9.17, 15) is 0 Å². The topological polar surface area (TPSA) is 38.2 Å². The Morgan fingerprint density at radius 3 is 2.59 bits per heavy atom. The van der Waals surface area contributed by atoms with Crippen LogP contribution in [0.1, 0.15) is 26.3 Å². The molecule has 1 aromatic rings. The van der Waals surface area contributed by atoms with Crippen LogP contribution in [-0.4, -0.2) is 35.3 Å². The van der Waals surface area contributed by atoms with Gasteiger partial charge in [-0.3, -0.25) is 0 Å². The molecule has 1 saturated heterocycles. The third-order valence-electron chi connectivity index (χ3n) is 2.94. The van der Waals surface area contributed by atoms with Gasteiger partial charge < -0.3 is 9.64 Å². The molecular weight excluding hydrogens is 238 g/mol. The van der Waals surface area contributed by atoms with Crippen LogP contribution in [0.2, 0.25) is 5.15 Å². The molecule has 0 aromatic carbocycles. The van der Waals surface area contributed by atoms with E-state index in [0.29, 0.717) is 5.15 Å². The number of anilines is 1. The van der Waals surface area contributed by atoms with Gasteiger partial charge in [0.2, 0.25) is 0 Å². The zero-order valence-corrected chi connectivity index (χ0v) is 11.2. The molecule has 0 radical (unpaired) electrons. The standard InChI is InChI=1S/C12H18ClN3O/c1-4-10-11(13)14-7-15-12(10)16-5-8(2)17-9(3)6-16/h7-9H,4-6H2,1-3H3. The molecular formula is C12H18ClN3O. The molecule has 2 heterocycles. The summed E-state index contributed by atoms with van der Waals surface area (Å²) in [7, 11) is 0. The molecule has 5 heteroatoms. The van der Waals surface area contributed by atoms with Gasteiger partial charge in [-0.05, 0) is 20.3 Å². The molecule has 1 aliphatic heterocycles. The lowest BCUT2D eigenvalue weighted by Gasteiger charge is -2.36. The molecule has 1 fully saturated rings. The van der Waals surface area contributed by atoms with Crippen LogP contribution in [0.4, 0.5) is 5.82 Å². The molecule has 2 rings (SSSR count). The van der Waals surface area contributed by atoms with Crippen LogP contribution in [0.5, 0.6) is 0 Å². The minimum atomic E-state index is 0.220. The Bertz CT molecular complexity index is 389. The molecule has 0 bridgehead atoms. The fourth-order valence-electron chi connectivity index (χ4n) is 2.31. The molecule has 0 N–H and O–H groups in total. The number of morpholine rings is 1. The van der Waals surface area contributed by atoms with Crippen molar-refractivity contribution in [2.45, 2.75) is 39.4 Å². The smallest absolute Gasteiger partial charge is 0.137 e. The summed E-state index contributed by atoms with van der Waals surface area (Å²) in [6, 6.07) is 0. The highest BCUT2D eigenvalue weighted by molar-refractivity contribution is 6.30. The summed E-state index contributed by atoms with van der Waals surface area (Å²) >= 11 is 6.11. The van der Waals surface area contributed by atoms with Gasteiger partial charge in [0.15, 0.2) is 0 Å². The summed E-state index contributed by atoms with van der Waals surface area (Å²) in [5.41, 5.74) is 1.02. The van der Waals surface area contributed by atoms with Crippen LogP contribution in [0.25, 0.3) is 0 Å². The van der Waals surface area contributed by atoms with Crippen molar-refractivity contribution < 1.29 is 4.74 Å². The fraction of sp³-hybridized carbons (Fsp3) is 0.667. The average molecular weight is 256 g/mol. The van der Waals surface area contributed by atoms with E-state index in [2.05, 4.69) is 35.6 Å². The van der Waals surface area contributed by atoms with Crippen LogP contribution in [-0.2, 0) is 11.2 Å². The highest BCUT2D eigenvalue weighted by Crippen LogP contribution is 2.26. The first kappa shape index (κ1) is 12.6. The molecule has 1 aromatic heterocycles. The summed E-state index contributed by atoms with van der Waals surface area (Å²) in [5, 5.41) is 0.560. The van der Waals surface area contributed by atoms with Crippen LogP contribution in [0.15, 0.2) is 6.33 Å². The van der Waals surface area contributed by atoms with Gasteiger partial charge in [0.25, 0.3) is 0 Å². The third kappa shape index (κ3) is 2.69. The van der Waals surface area contributed by atoms with E-state index in [1.165, 1.54) is 6.33 Å². The predicted molar refractivity (Wildman–Crippen MR) is 68.6 cm³/mol. The Morgan fingerprint density at radius 1 is 1.35 bits per heavy atom. The number of hydrogen-bond donors (Lipinski definition) is 0. The lowest BCUT2D eigenvalue weighted by molar-refractivity contribution is -0.00551. The monoisotopic (exact) mass is 255 g/mol. The molecule has 0 saturated carbocycles. The van der Waals surface area contributed by atoms with Crippen molar-refractivity contribution in [2.24, 2.45) is 0 Å². The zero-order valence-electron chi connectivity index (χ0n) is 10.5. The minimum absolute atomic E-state index is 0.220. The van der Waals surface area contributed by atoms with Gasteiger partial charge in [-0.2, -0.15) is 0 Å². The molecule has 0 aliphatic carbocycles. The SMILES string of the molecule is CCc1c(Cl)ncnc1N1CC(C)OC(C)C1. The van der Waals surface area contributed by atoms with Crippen molar-refractivity contribution in [1.29, 1.82) is 0 Å². The Labute approximate surface area is 107 Å². The number of rotatable bonds is 2. The van der Waals surface area contributed by atoms with Gasteiger partial charge in [0.1, 0.15) is 17.3 Å². The molecule has 94 valence electrons. The maximum Gasteiger partial charge on any atom is 0.137 e. The van der Waals surface area contributed by atoms with Gasteiger partial charge in [0.05, 0.1) is 12.2 Å². The summed E-state index contributed by atoms with van der Waals surface area (Å²) in [6.45, 7) is 7.94. The molecule has 2 unspecified atom stereocenters. The summed E-state index contributed by atoms with van der Waals surface area (Å²) < 4.78 is 5.72. The van der Waals surface area contributed by atoms with Gasteiger partial charge in [-0.1, -0.05) is 18.5 Å². The first-order chi connectivity index (χ1) is 8.11. The summed E-state index contributed by atoms with van der Waals surface area (Å²) in [6.07, 6.45) is 2.81. The van der Waals surface area contributed by atoms with E-state index >= 15 is 0 Å². The zero-order chi connectivity index (χ0) is 12.4. The summed E-state index contributed by atoms with van der Waals surface area (Å²) in [4.78, 5) is 10.7. The molecule has 0 amide bonds. The second-order valence-electron chi connectivity index (χ2n) is 4.48. The Kier molecular flexibility index (Phi) is 3.84. The van der Waals surface area contributed by atoms with E-state index in [0.717, 1.165) is 30.9 Å². The van der Waals surface area contributed by atoms with Crippen molar-refractivity contribution in [3.63, 3.8) is 0 Å². The van der Waals surface area contributed by atoms with Gasteiger partial charge in [-0.15, -0.1) is 0 Å². The maximum absolute atomic E-state index is 6.11. The lowest BCUT2D eigenvalue weighted by atomic mass is 10.2. The molecule has 2 atom stereocenters. The van der Waals surface area contributed by atoms with E-state index in [1.807, 2.05) is 0 Å². The van der Waals surface area contributed by atoms with Crippen LogP contribution in [0, 0.1) is 0 Å². The number of ether oxygens (including phenoxy) is 1. The predicted octanol–water partition coefficient (Wildman–Crippen LogP) is 2.31. The van der Waals surface area contributed by atoms with Gasteiger partial charge >= 0.3 is 0 Å². The van der Waals surface area contributed by atoms with Gasteiger partial charge in [-0.25, -0.2) is 9.97 Å². The second-order valence-corrected chi connectivity index (χ2v) is 4.84. The number of nitrogens with zero attached hydrogens (tertiary/aromatic N) is 3. The lowest BCUT2D eigenvalue weighted by Crippen LogP contribution is -2.46. The van der Waals surface area contributed by atoms with E-state index in [1.54, 1.807) is 0 Å². The van der Waals surface area contributed by atoms with Crippen LogP contribution in [0.3, 0.4) is 0 Å². The Balaban J connectivity index is 2.30. The highest BCUT2D eigenvalue weighted by Gasteiger charge is 2.25. The number of halogens is 1. The third-order valence-corrected chi connectivity index (χ3v) is 3.27. The Morgan fingerprint density at radius 2 is 2.00 bits per heavy atom. The van der Waals surface area contributed by atoms with E-state index < -0.39 is 0 Å². The average Bonchev–Trinajstić information content (AvgIpc) is 2.27. The molecule has 1 aliphatic rings.